The summed E-state index contributed by atoms with van der Waals surface area (Å²) in [6.07, 6.45) is 9.07. The van der Waals surface area contributed by atoms with Crippen molar-refractivity contribution in [1.82, 2.24) is 19.7 Å². The number of hydrogen-bond acceptors (Lipinski definition) is 3. The number of benzene rings is 1. The van der Waals surface area contributed by atoms with Crippen molar-refractivity contribution in [2.24, 2.45) is 0 Å². The first-order chi connectivity index (χ1) is 13.6. The number of aromatic nitrogens is 3. The van der Waals surface area contributed by atoms with Crippen LogP contribution < -0.4 is 0 Å². The molecule has 3 aromatic rings. The molecule has 5 nitrogen and oxygen atoms in total. The summed E-state index contributed by atoms with van der Waals surface area (Å²) < 4.78 is 15.0. The highest BCUT2D eigenvalue weighted by atomic mass is 19.1. The van der Waals surface area contributed by atoms with E-state index >= 15 is 0 Å². The van der Waals surface area contributed by atoms with E-state index in [9.17, 15) is 9.18 Å². The van der Waals surface area contributed by atoms with Crippen molar-refractivity contribution in [3.05, 3.63) is 66.4 Å². The minimum atomic E-state index is -0.313. The van der Waals surface area contributed by atoms with Gasteiger partial charge in [0.2, 0.25) is 0 Å². The zero-order valence-electron chi connectivity index (χ0n) is 15.9. The predicted octanol–water partition coefficient (Wildman–Crippen LogP) is 4.48. The zero-order chi connectivity index (χ0) is 19.5. The summed E-state index contributed by atoms with van der Waals surface area (Å²) in [5.74, 6) is -0.398. The van der Waals surface area contributed by atoms with E-state index < -0.39 is 0 Å². The Morgan fingerprint density at radius 3 is 2.57 bits per heavy atom. The minimum absolute atomic E-state index is 0.0853. The average molecular weight is 378 g/mol. The van der Waals surface area contributed by atoms with Gasteiger partial charge in [0.1, 0.15) is 5.82 Å². The van der Waals surface area contributed by atoms with Crippen LogP contribution in [0.25, 0.3) is 16.9 Å². The molecule has 0 saturated heterocycles. The van der Waals surface area contributed by atoms with Crippen LogP contribution in [0.3, 0.4) is 0 Å². The molecule has 0 unspecified atom stereocenters. The topological polar surface area (TPSA) is 51.0 Å². The van der Waals surface area contributed by atoms with Crippen molar-refractivity contribution in [3.63, 3.8) is 0 Å². The van der Waals surface area contributed by atoms with Gasteiger partial charge in [-0.2, -0.15) is 5.10 Å². The molecule has 28 heavy (non-hydrogen) atoms. The molecule has 0 atom stereocenters. The molecule has 1 aliphatic carbocycles. The van der Waals surface area contributed by atoms with Crippen molar-refractivity contribution >= 4 is 5.91 Å². The van der Waals surface area contributed by atoms with E-state index in [4.69, 9.17) is 0 Å². The van der Waals surface area contributed by atoms with E-state index in [2.05, 4.69) is 10.1 Å². The van der Waals surface area contributed by atoms with E-state index in [1.54, 1.807) is 35.3 Å². The lowest BCUT2D eigenvalue weighted by Gasteiger charge is -2.30. The van der Waals surface area contributed by atoms with Crippen molar-refractivity contribution in [3.8, 4) is 16.9 Å². The first-order valence-electron chi connectivity index (χ1n) is 9.67. The Hall–Kier alpha value is -3.02. The van der Waals surface area contributed by atoms with Crippen molar-refractivity contribution in [1.29, 1.82) is 0 Å². The minimum Gasteiger partial charge on any atom is -0.337 e. The van der Waals surface area contributed by atoms with Crippen LogP contribution >= 0.6 is 0 Å². The summed E-state index contributed by atoms with van der Waals surface area (Å²) in [5, 5.41) is 4.58. The molecule has 2 heterocycles. The first-order valence-corrected chi connectivity index (χ1v) is 9.67. The maximum Gasteiger partial charge on any atom is 0.274 e. The number of amides is 1. The summed E-state index contributed by atoms with van der Waals surface area (Å²) in [6.45, 7) is 0. The molecule has 0 N–H and O–H groups in total. The second-order valence-electron chi connectivity index (χ2n) is 7.25. The molecule has 1 aliphatic rings. The van der Waals surface area contributed by atoms with Gasteiger partial charge >= 0.3 is 0 Å². The van der Waals surface area contributed by atoms with Crippen LogP contribution in [-0.2, 0) is 0 Å². The fourth-order valence-corrected chi connectivity index (χ4v) is 3.80. The van der Waals surface area contributed by atoms with Crippen LogP contribution in [0.15, 0.2) is 54.9 Å². The van der Waals surface area contributed by atoms with E-state index in [0.717, 1.165) is 36.9 Å². The van der Waals surface area contributed by atoms with E-state index in [-0.39, 0.29) is 17.8 Å². The molecule has 1 amide bonds. The van der Waals surface area contributed by atoms with Gasteiger partial charge in [-0.1, -0.05) is 19.3 Å². The molecular weight excluding hydrogens is 355 g/mol. The van der Waals surface area contributed by atoms with Crippen molar-refractivity contribution < 1.29 is 9.18 Å². The van der Waals surface area contributed by atoms with Gasteiger partial charge < -0.3 is 4.90 Å². The predicted molar refractivity (Wildman–Crippen MR) is 106 cm³/mol. The van der Waals surface area contributed by atoms with Gasteiger partial charge in [0.05, 0.1) is 11.4 Å². The van der Waals surface area contributed by atoms with E-state index in [1.807, 2.05) is 24.1 Å². The van der Waals surface area contributed by atoms with Crippen molar-refractivity contribution in [2.45, 2.75) is 38.1 Å². The number of carbonyl (C=O) groups excluding carboxylic acids is 1. The number of hydrogen-bond donors (Lipinski definition) is 0. The Labute approximate surface area is 163 Å². The maximum absolute atomic E-state index is 13.4. The maximum atomic E-state index is 13.4. The summed E-state index contributed by atoms with van der Waals surface area (Å²) in [7, 11) is 1.86. The molecule has 6 heteroatoms. The fourth-order valence-electron chi connectivity index (χ4n) is 3.80. The number of nitrogens with zero attached hydrogens (tertiary/aromatic N) is 4. The number of rotatable bonds is 4. The molecule has 0 radical (unpaired) electrons. The summed E-state index contributed by atoms with van der Waals surface area (Å²) >= 11 is 0. The first kappa shape index (κ1) is 18.3. The monoisotopic (exact) mass is 378 g/mol. The Morgan fingerprint density at radius 1 is 1.14 bits per heavy atom. The quantitative estimate of drug-likeness (QED) is 0.673. The van der Waals surface area contributed by atoms with Gasteiger partial charge in [-0.3, -0.25) is 9.78 Å². The number of halogens is 1. The van der Waals surface area contributed by atoms with E-state index in [1.165, 1.54) is 18.6 Å². The molecule has 0 aliphatic heterocycles. The van der Waals surface area contributed by atoms with Crippen LogP contribution in [0.2, 0.25) is 0 Å². The van der Waals surface area contributed by atoms with Gasteiger partial charge in [0.25, 0.3) is 5.91 Å². The van der Waals surface area contributed by atoms with Gasteiger partial charge in [-0.15, -0.1) is 0 Å². The Kier molecular flexibility index (Phi) is 5.19. The number of pyridine rings is 1. The zero-order valence-corrected chi connectivity index (χ0v) is 15.9. The van der Waals surface area contributed by atoms with Crippen LogP contribution in [-0.4, -0.2) is 38.7 Å². The van der Waals surface area contributed by atoms with Crippen LogP contribution in [0.5, 0.6) is 0 Å². The molecular formula is C22H23FN4O. The summed E-state index contributed by atoms with van der Waals surface area (Å²) in [6, 6.07) is 11.9. The smallest absolute Gasteiger partial charge is 0.274 e. The third-order valence-electron chi connectivity index (χ3n) is 5.40. The molecule has 1 saturated carbocycles. The Bertz CT molecular complexity index is 946. The summed E-state index contributed by atoms with van der Waals surface area (Å²) in [5.41, 5.74) is 2.68. The lowest BCUT2D eigenvalue weighted by atomic mass is 9.94. The van der Waals surface area contributed by atoms with Gasteiger partial charge in [0.15, 0.2) is 5.69 Å². The molecule has 0 bridgehead atoms. The van der Waals surface area contributed by atoms with Gasteiger partial charge in [0, 0.05) is 31.0 Å². The SMILES string of the molecule is CN(C(=O)c1cc(-c2cccnc2)n(-c2ccc(F)cc2)n1)C1CCCCC1. The lowest BCUT2D eigenvalue weighted by Crippen LogP contribution is -2.38. The number of carbonyl (C=O) groups is 1. The highest BCUT2D eigenvalue weighted by Gasteiger charge is 2.26. The molecule has 4 rings (SSSR count). The highest BCUT2D eigenvalue weighted by molar-refractivity contribution is 5.93. The lowest BCUT2D eigenvalue weighted by molar-refractivity contribution is 0.0690. The Balaban J connectivity index is 1.72. The molecule has 0 spiro atoms. The summed E-state index contributed by atoms with van der Waals surface area (Å²) in [4.78, 5) is 19.1. The van der Waals surface area contributed by atoms with Gasteiger partial charge in [-0.05, 0) is 55.3 Å². The second kappa shape index (κ2) is 7.92. The molecule has 1 aromatic carbocycles. The third kappa shape index (κ3) is 3.67. The van der Waals surface area contributed by atoms with Gasteiger partial charge in [-0.25, -0.2) is 9.07 Å². The average Bonchev–Trinajstić information content (AvgIpc) is 3.20. The van der Waals surface area contributed by atoms with E-state index in [0.29, 0.717) is 11.4 Å². The van der Waals surface area contributed by atoms with Crippen molar-refractivity contribution in [2.75, 3.05) is 7.05 Å². The normalized spacial score (nSPS) is 14.8. The largest absolute Gasteiger partial charge is 0.337 e. The molecule has 1 fully saturated rings. The van der Waals surface area contributed by atoms with Crippen LogP contribution in [0.4, 0.5) is 4.39 Å². The third-order valence-corrected chi connectivity index (χ3v) is 5.40. The molecule has 2 aromatic heterocycles. The fraction of sp³-hybridized carbons (Fsp3) is 0.318. The van der Waals surface area contributed by atoms with Crippen LogP contribution in [0, 0.1) is 5.82 Å². The van der Waals surface area contributed by atoms with Crippen LogP contribution in [0.1, 0.15) is 42.6 Å². The Morgan fingerprint density at radius 2 is 1.89 bits per heavy atom. The standard InChI is InChI=1S/C22H23FN4O/c1-26(18-7-3-2-4-8-18)22(28)20-14-21(16-6-5-13-24-15-16)27(25-20)19-11-9-17(23)10-12-19/h5-6,9-15,18H,2-4,7-8H2,1H3. The second-order valence-corrected chi connectivity index (χ2v) is 7.25. The molecule has 144 valence electrons. The highest BCUT2D eigenvalue weighted by Crippen LogP contribution is 2.26.